The number of anilines is 1. The number of rotatable bonds is 9. The van der Waals surface area contributed by atoms with Crippen molar-refractivity contribution >= 4 is 26.7 Å². The van der Waals surface area contributed by atoms with Gasteiger partial charge >= 0.3 is 0 Å². The second-order valence-corrected chi connectivity index (χ2v) is 9.31. The topological polar surface area (TPSA) is 67.2 Å². The van der Waals surface area contributed by atoms with Gasteiger partial charge in [-0.3, -0.25) is 4.68 Å². The normalized spacial score (nSPS) is 15.1. The van der Waals surface area contributed by atoms with Crippen molar-refractivity contribution in [3.05, 3.63) is 18.2 Å². The molecular formula is C19H30N4O2S. The second kappa shape index (κ2) is 7.56. The largest absolute Gasteiger partial charge is 0.355 e. The minimum Gasteiger partial charge on any atom is -0.355 e. The molecule has 1 aliphatic rings. The summed E-state index contributed by atoms with van der Waals surface area (Å²) in [7, 11) is -3.51. The average molecular weight is 379 g/mol. The van der Waals surface area contributed by atoms with E-state index in [-0.39, 0.29) is 5.92 Å². The van der Waals surface area contributed by atoms with Gasteiger partial charge in [0.25, 0.3) is 0 Å². The van der Waals surface area contributed by atoms with Crippen LogP contribution < -0.4 is 9.62 Å². The highest BCUT2D eigenvalue weighted by Crippen LogP contribution is 2.34. The number of nitrogens with zero attached hydrogens (tertiary/aromatic N) is 3. The summed E-state index contributed by atoms with van der Waals surface area (Å²) in [4.78, 5) is 2.49. The molecular weight excluding hydrogens is 348 g/mol. The molecule has 144 valence electrons. The molecule has 2 aromatic rings. The Labute approximate surface area is 156 Å². The fraction of sp³-hybridized carbons (Fsp3) is 0.632. The van der Waals surface area contributed by atoms with Crippen LogP contribution in [0.5, 0.6) is 0 Å². The van der Waals surface area contributed by atoms with Gasteiger partial charge in [-0.25, -0.2) is 13.1 Å². The minimum atomic E-state index is -3.51. The van der Waals surface area contributed by atoms with Gasteiger partial charge < -0.3 is 4.90 Å². The third-order valence-corrected chi connectivity index (χ3v) is 6.31. The van der Waals surface area contributed by atoms with Crippen molar-refractivity contribution in [2.24, 2.45) is 11.8 Å². The predicted octanol–water partition coefficient (Wildman–Crippen LogP) is 3.23. The van der Waals surface area contributed by atoms with Crippen LogP contribution in [0.1, 0.15) is 40.5 Å². The Morgan fingerprint density at radius 3 is 2.54 bits per heavy atom. The van der Waals surface area contributed by atoms with Gasteiger partial charge in [-0.2, -0.15) is 5.10 Å². The molecule has 0 bridgehead atoms. The Kier molecular flexibility index (Phi) is 5.58. The van der Waals surface area contributed by atoms with Gasteiger partial charge in [0.2, 0.25) is 10.0 Å². The molecule has 0 amide bonds. The van der Waals surface area contributed by atoms with E-state index in [9.17, 15) is 8.42 Å². The molecule has 1 fully saturated rings. The van der Waals surface area contributed by atoms with Crippen LogP contribution in [-0.2, 0) is 16.6 Å². The fourth-order valence-corrected chi connectivity index (χ4v) is 4.35. The molecule has 1 saturated carbocycles. The van der Waals surface area contributed by atoms with Gasteiger partial charge in [0, 0.05) is 31.6 Å². The third-order valence-electron chi connectivity index (χ3n) is 4.89. The highest BCUT2D eigenvalue weighted by atomic mass is 32.2. The molecule has 1 heterocycles. The first-order chi connectivity index (χ1) is 12.4. The van der Waals surface area contributed by atoms with Crippen LogP contribution in [0.25, 0.3) is 10.9 Å². The molecule has 0 saturated heterocycles. The second-order valence-electron chi connectivity index (χ2n) is 7.55. The summed E-state index contributed by atoms with van der Waals surface area (Å²) in [5.41, 5.74) is 1.02. The summed E-state index contributed by atoms with van der Waals surface area (Å²) in [6, 6.07) is 5.38. The van der Waals surface area contributed by atoms with Crippen LogP contribution in [0, 0.1) is 11.8 Å². The Morgan fingerprint density at radius 1 is 1.27 bits per heavy atom. The number of benzene rings is 1. The van der Waals surface area contributed by atoms with E-state index in [1.165, 1.54) is 12.8 Å². The molecule has 1 aromatic heterocycles. The minimum absolute atomic E-state index is 0.265. The van der Waals surface area contributed by atoms with E-state index in [0.717, 1.165) is 36.4 Å². The third kappa shape index (κ3) is 4.04. The molecule has 0 unspecified atom stereocenters. The number of aromatic nitrogens is 2. The lowest BCUT2D eigenvalue weighted by Crippen LogP contribution is -2.27. The molecule has 1 aromatic carbocycles. The van der Waals surface area contributed by atoms with E-state index in [1.54, 1.807) is 12.1 Å². The zero-order chi connectivity index (χ0) is 18.9. The maximum atomic E-state index is 12.6. The van der Waals surface area contributed by atoms with Crippen LogP contribution >= 0.6 is 0 Å². The lowest BCUT2D eigenvalue weighted by Gasteiger charge is -2.18. The monoisotopic (exact) mass is 378 g/mol. The van der Waals surface area contributed by atoms with E-state index in [4.69, 9.17) is 5.10 Å². The average Bonchev–Trinajstić information content (AvgIpc) is 3.36. The van der Waals surface area contributed by atoms with Crippen LogP contribution in [0.2, 0.25) is 0 Å². The highest BCUT2D eigenvalue weighted by molar-refractivity contribution is 7.89. The van der Waals surface area contributed by atoms with Crippen molar-refractivity contribution in [1.29, 1.82) is 0 Å². The van der Waals surface area contributed by atoms with Crippen molar-refractivity contribution in [2.45, 2.75) is 52.0 Å². The number of hydrogen-bond acceptors (Lipinski definition) is 4. The number of sulfonamides is 1. The van der Waals surface area contributed by atoms with Gasteiger partial charge in [0.1, 0.15) is 0 Å². The first-order valence-corrected chi connectivity index (χ1v) is 11.1. The van der Waals surface area contributed by atoms with Gasteiger partial charge in [0.05, 0.1) is 10.4 Å². The Bertz CT molecular complexity index is 865. The predicted molar refractivity (Wildman–Crippen MR) is 106 cm³/mol. The van der Waals surface area contributed by atoms with Crippen molar-refractivity contribution in [3.8, 4) is 0 Å². The molecule has 26 heavy (non-hydrogen) atoms. The van der Waals surface area contributed by atoms with Gasteiger partial charge in [-0.1, -0.05) is 13.8 Å². The SMILES string of the molecule is CCN(CC)c1nn(CC2CC2)c2ccc(S(=O)(=O)NCC(C)C)cc12. The highest BCUT2D eigenvalue weighted by Gasteiger charge is 2.25. The molecule has 7 heteroatoms. The van der Waals surface area contributed by atoms with E-state index in [1.807, 2.05) is 19.9 Å². The number of hydrogen-bond donors (Lipinski definition) is 1. The summed E-state index contributed by atoms with van der Waals surface area (Å²) >= 11 is 0. The molecule has 1 N–H and O–H groups in total. The quantitative estimate of drug-likeness (QED) is 0.727. The summed E-state index contributed by atoms with van der Waals surface area (Å²) in [5.74, 6) is 1.85. The molecule has 0 spiro atoms. The van der Waals surface area contributed by atoms with Gasteiger partial charge in [-0.05, 0) is 56.7 Å². The number of fused-ring (bicyclic) bond motifs is 1. The van der Waals surface area contributed by atoms with Crippen molar-refractivity contribution in [3.63, 3.8) is 0 Å². The van der Waals surface area contributed by atoms with E-state index < -0.39 is 10.0 Å². The molecule has 0 atom stereocenters. The van der Waals surface area contributed by atoms with Gasteiger partial charge in [0.15, 0.2) is 5.82 Å². The molecule has 0 aliphatic heterocycles. The molecule has 1 aliphatic carbocycles. The maximum absolute atomic E-state index is 12.6. The first-order valence-electron chi connectivity index (χ1n) is 9.60. The van der Waals surface area contributed by atoms with E-state index in [2.05, 4.69) is 28.2 Å². The number of nitrogens with one attached hydrogen (secondary N) is 1. The Balaban J connectivity index is 2.04. The standard InChI is InChI=1S/C19H30N4O2S/c1-5-22(6-2)19-17-11-16(26(24,25)20-12-14(3)4)9-10-18(17)23(21-19)13-15-7-8-15/h9-11,14-15,20H,5-8,12-13H2,1-4H3. The Hall–Kier alpha value is -1.60. The van der Waals surface area contributed by atoms with Crippen LogP contribution in [0.15, 0.2) is 23.1 Å². The smallest absolute Gasteiger partial charge is 0.240 e. The Morgan fingerprint density at radius 2 is 1.96 bits per heavy atom. The van der Waals surface area contributed by atoms with Gasteiger partial charge in [-0.15, -0.1) is 0 Å². The summed E-state index contributed by atoms with van der Waals surface area (Å²) in [5, 5.41) is 5.75. The van der Waals surface area contributed by atoms with Crippen LogP contribution in [0.4, 0.5) is 5.82 Å². The zero-order valence-electron chi connectivity index (χ0n) is 16.2. The van der Waals surface area contributed by atoms with Crippen LogP contribution in [-0.4, -0.2) is 37.8 Å². The molecule has 0 radical (unpaired) electrons. The summed E-state index contributed by atoms with van der Waals surface area (Å²) < 4.78 is 30.0. The molecule has 3 rings (SSSR count). The van der Waals surface area contributed by atoms with E-state index in [0.29, 0.717) is 17.4 Å². The van der Waals surface area contributed by atoms with Crippen molar-refractivity contribution in [2.75, 3.05) is 24.5 Å². The summed E-state index contributed by atoms with van der Waals surface area (Å²) in [6.45, 7) is 11.2. The first kappa shape index (κ1) is 19.2. The zero-order valence-corrected chi connectivity index (χ0v) is 17.0. The fourth-order valence-electron chi connectivity index (χ4n) is 3.11. The van der Waals surface area contributed by atoms with Crippen molar-refractivity contribution < 1.29 is 8.42 Å². The van der Waals surface area contributed by atoms with Crippen molar-refractivity contribution in [1.82, 2.24) is 14.5 Å². The lowest BCUT2D eigenvalue weighted by molar-refractivity contribution is 0.560. The lowest BCUT2D eigenvalue weighted by atomic mass is 10.2. The summed E-state index contributed by atoms with van der Waals surface area (Å²) in [6.07, 6.45) is 2.51. The van der Waals surface area contributed by atoms with E-state index >= 15 is 0 Å². The molecule has 6 nitrogen and oxygen atoms in total. The maximum Gasteiger partial charge on any atom is 0.240 e. The van der Waals surface area contributed by atoms with Crippen LogP contribution in [0.3, 0.4) is 0 Å².